The molecule has 8 heteroatoms. The van der Waals surface area contributed by atoms with Gasteiger partial charge in [0.2, 0.25) is 10.0 Å². The van der Waals surface area contributed by atoms with Gasteiger partial charge >= 0.3 is 5.97 Å². The summed E-state index contributed by atoms with van der Waals surface area (Å²) < 4.78 is 35.4. The summed E-state index contributed by atoms with van der Waals surface area (Å²) in [4.78, 5) is 10.5. The predicted octanol–water partition coefficient (Wildman–Crippen LogP) is 0.166. The van der Waals surface area contributed by atoms with Crippen LogP contribution in [0.25, 0.3) is 0 Å². The first-order chi connectivity index (χ1) is 8.94. The number of carboxylic acids is 1. The Balaban J connectivity index is 4.45. The van der Waals surface area contributed by atoms with E-state index in [2.05, 4.69) is 0 Å². The van der Waals surface area contributed by atoms with E-state index in [-0.39, 0.29) is 26.3 Å². The molecule has 0 bridgehead atoms. The minimum atomic E-state index is -3.59. The van der Waals surface area contributed by atoms with Crippen molar-refractivity contribution in [1.29, 1.82) is 0 Å². The van der Waals surface area contributed by atoms with Crippen molar-refractivity contribution in [2.45, 2.75) is 20.3 Å². The zero-order valence-electron chi connectivity index (χ0n) is 11.5. The van der Waals surface area contributed by atoms with Gasteiger partial charge in [0.15, 0.2) is 0 Å². The molecule has 0 saturated carbocycles. The highest BCUT2D eigenvalue weighted by Gasteiger charge is 2.22. The second kappa shape index (κ2) is 10.1. The number of hydrogen-bond donors (Lipinski definition) is 1. The number of hydrogen-bond acceptors (Lipinski definition) is 5. The zero-order valence-corrected chi connectivity index (χ0v) is 12.3. The summed E-state index contributed by atoms with van der Waals surface area (Å²) in [6, 6.07) is 0. The van der Waals surface area contributed by atoms with Crippen LogP contribution in [-0.4, -0.2) is 69.1 Å². The van der Waals surface area contributed by atoms with Crippen molar-refractivity contribution in [2.24, 2.45) is 0 Å². The summed E-state index contributed by atoms with van der Waals surface area (Å²) in [6.07, 6.45) is -0.401. The lowest BCUT2D eigenvalue weighted by Gasteiger charge is -2.21. The number of ether oxygens (including phenoxy) is 2. The van der Waals surface area contributed by atoms with Crippen molar-refractivity contribution >= 4 is 16.0 Å². The van der Waals surface area contributed by atoms with Gasteiger partial charge < -0.3 is 14.6 Å². The molecule has 114 valence electrons. The molecule has 0 atom stereocenters. The van der Waals surface area contributed by atoms with E-state index in [9.17, 15) is 13.2 Å². The van der Waals surface area contributed by atoms with Crippen LogP contribution in [0, 0.1) is 0 Å². The van der Waals surface area contributed by atoms with E-state index in [0.29, 0.717) is 13.2 Å². The van der Waals surface area contributed by atoms with Gasteiger partial charge in [-0.3, -0.25) is 4.79 Å². The molecular formula is C11H23NO6S. The summed E-state index contributed by atoms with van der Waals surface area (Å²) in [7, 11) is -3.59. The molecule has 0 aliphatic rings. The molecular weight excluding hydrogens is 274 g/mol. The molecule has 0 aliphatic heterocycles. The Labute approximate surface area is 114 Å². The van der Waals surface area contributed by atoms with Gasteiger partial charge in [0.1, 0.15) is 0 Å². The highest BCUT2D eigenvalue weighted by Crippen LogP contribution is 2.04. The lowest BCUT2D eigenvalue weighted by atomic mass is 10.5. The molecule has 0 radical (unpaired) electrons. The molecule has 1 N–H and O–H groups in total. The van der Waals surface area contributed by atoms with E-state index >= 15 is 0 Å². The summed E-state index contributed by atoms with van der Waals surface area (Å²) >= 11 is 0. The van der Waals surface area contributed by atoms with Gasteiger partial charge in [0.05, 0.1) is 25.4 Å². The fourth-order valence-corrected chi connectivity index (χ4v) is 2.75. The molecule has 0 aromatic heterocycles. The maximum absolute atomic E-state index is 12.0. The van der Waals surface area contributed by atoms with Crippen molar-refractivity contribution < 1.29 is 27.8 Å². The molecule has 19 heavy (non-hydrogen) atoms. The minimum absolute atomic E-state index is 0.211. The molecule has 0 spiro atoms. The monoisotopic (exact) mass is 297 g/mol. The van der Waals surface area contributed by atoms with Gasteiger partial charge in [0.25, 0.3) is 0 Å². The third kappa shape index (κ3) is 8.93. The summed E-state index contributed by atoms with van der Waals surface area (Å²) in [5, 5.41) is 8.55. The number of carbonyl (C=O) groups is 1. The van der Waals surface area contributed by atoms with Crippen LogP contribution in [0.3, 0.4) is 0 Å². The van der Waals surface area contributed by atoms with E-state index in [4.69, 9.17) is 14.6 Å². The number of carboxylic acid groups (broad SMARTS) is 1. The average molecular weight is 297 g/mol. The predicted molar refractivity (Wildman–Crippen MR) is 70.6 cm³/mol. The molecule has 0 fully saturated rings. The normalized spacial score (nSPS) is 11.9. The first-order valence-electron chi connectivity index (χ1n) is 6.29. The second-order valence-electron chi connectivity index (χ2n) is 3.75. The van der Waals surface area contributed by atoms with Gasteiger partial charge in [-0.2, -0.15) is 4.31 Å². The van der Waals surface area contributed by atoms with Crippen LogP contribution >= 0.6 is 0 Å². The van der Waals surface area contributed by atoms with Crippen molar-refractivity contribution in [3.8, 4) is 0 Å². The van der Waals surface area contributed by atoms with Gasteiger partial charge in [-0.15, -0.1) is 0 Å². The van der Waals surface area contributed by atoms with E-state index in [1.165, 1.54) is 4.31 Å². The topological polar surface area (TPSA) is 93.1 Å². The lowest BCUT2D eigenvalue weighted by Crippen LogP contribution is -2.38. The molecule has 7 nitrogen and oxygen atoms in total. The highest BCUT2D eigenvalue weighted by molar-refractivity contribution is 7.89. The van der Waals surface area contributed by atoms with E-state index in [1.54, 1.807) is 0 Å². The third-order valence-corrected chi connectivity index (χ3v) is 4.22. The average Bonchev–Trinajstić information content (AvgIpc) is 2.35. The number of rotatable bonds is 12. The largest absolute Gasteiger partial charge is 0.481 e. The Kier molecular flexibility index (Phi) is 9.76. The molecule has 0 aliphatic carbocycles. The zero-order chi connectivity index (χ0) is 14.7. The van der Waals surface area contributed by atoms with E-state index in [1.807, 2.05) is 13.8 Å². The smallest absolute Gasteiger partial charge is 0.304 e. The van der Waals surface area contributed by atoms with Crippen LogP contribution < -0.4 is 0 Å². The third-order valence-electron chi connectivity index (χ3n) is 2.35. The van der Waals surface area contributed by atoms with E-state index in [0.717, 1.165) is 0 Å². The van der Waals surface area contributed by atoms with Crippen LogP contribution in [0.2, 0.25) is 0 Å². The Morgan fingerprint density at radius 2 is 1.58 bits per heavy atom. The molecule has 0 saturated heterocycles. The minimum Gasteiger partial charge on any atom is -0.481 e. The van der Waals surface area contributed by atoms with Crippen LogP contribution in [0.15, 0.2) is 0 Å². The SMILES string of the molecule is CCOCCN(CCOCC)S(=O)(=O)CCC(=O)O. The maximum Gasteiger partial charge on any atom is 0.304 e. The number of aliphatic carboxylic acids is 1. The number of nitrogens with zero attached hydrogens (tertiary/aromatic N) is 1. The molecule has 0 aromatic carbocycles. The second-order valence-corrected chi connectivity index (χ2v) is 5.84. The highest BCUT2D eigenvalue weighted by atomic mass is 32.2. The van der Waals surface area contributed by atoms with Crippen molar-refractivity contribution in [3.05, 3.63) is 0 Å². The molecule has 0 amide bonds. The molecule has 0 aromatic rings. The fourth-order valence-electron chi connectivity index (χ4n) is 1.36. The standard InChI is InChI=1S/C11H23NO6S/c1-3-17-8-6-12(7-9-18-4-2)19(15,16)10-5-11(13)14/h3-10H2,1-2H3,(H,13,14). The van der Waals surface area contributed by atoms with Gasteiger partial charge in [-0.1, -0.05) is 0 Å². The van der Waals surface area contributed by atoms with Gasteiger partial charge in [-0.25, -0.2) is 8.42 Å². The molecule has 0 heterocycles. The van der Waals surface area contributed by atoms with E-state index < -0.39 is 28.2 Å². The van der Waals surface area contributed by atoms with Crippen LogP contribution in [0.1, 0.15) is 20.3 Å². The van der Waals surface area contributed by atoms with Crippen LogP contribution in [0.4, 0.5) is 0 Å². The Morgan fingerprint density at radius 1 is 1.11 bits per heavy atom. The summed E-state index contributed by atoms with van der Waals surface area (Å²) in [5.74, 6) is -1.53. The van der Waals surface area contributed by atoms with Crippen molar-refractivity contribution in [1.82, 2.24) is 4.31 Å². The lowest BCUT2D eigenvalue weighted by molar-refractivity contribution is -0.136. The van der Waals surface area contributed by atoms with Gasteiger partial charge in [-0.05, 0) is 13.8 Å². The Bertz CT molecular complexity index is 333. The maximum atomic E-state index is 12.0. The molecule has 0 unspecified atom stereocenters. The number of sulfonamides is 1. The van der Waals surface area contributed by atoms with Crippen LogP contribution in [0.5, 0.6) is 0 Å². The summed E-state index contributed by atoms with van der Waals surface area (Å²) in [5.41, 5.74) is 0. The Hall–Kier alpha value is -0.700. The molecule has 0 rings (SSSR count). The summed E-state index contributed by atoms with van der Waals surface area (Å²) in [6.45, 7) is 5.66. The van der Waals surface area contributed by atoms with Crippen LogP contribution in [-0.2, 0) is 24.3 Å². The van der Waals surface area contributed by atoms with Crippen molar-refractivity contribution in [3.63, 3.8) is 0 Å². The van der Waals surface area contributed by atoms with Gasteiger partial charge in [0, 0.05) is 26.3 Å². The Morgan fingerprint density at radius 3 is 1.95 bits per heavy atom. The van der Waals surface area contributed by atoms with Crippen molar-refractivity contribution in [2.75, 3.05) is 45.3 Å². The fraction of sp³-hybridized carbons (Fsp3) is 0.909. The quantitative estimate of drug-likeness (QED) is 0.516. The first kappa shape index (κ1) is 18.3. The first-order valence-corrected chi connectivity index (χ1v) is 7.90.